The molecule has 110 valence electrons. The summed E-state index contributed by atoms with van der Waals surface area (Å²) in [5.41, 5.74) is 3.18. The summed E-state index contributed by atoms with van der Waals surface area (Å²) < 4.78 is 7.42. The minimum absolute atomic E-state index is 0.147. The van der Waals surface area contributed by atoms with Crippen LogP contribution in [0.15, 0.2) is 42.7 Å². The van der Waals surface area contributed by atoms with Crippen molar-refractivity contribution in [2.45, 2.75) is 13.0 Å². The van der Waals surface area contributed by atoms with E-state index in [1.807, 2.05) is 34.9 Å². The summed E-state index contributed by atoms with van der Waals surface area (Å²) in [5, 5.41) is 3.49. The summed E-state index contributed by atoms with van der Waals surface area (Å²) in [6.45, 7) is 1.72. The molecule has 1 atom stereocenters. The molecule has 1 N–H and O–H groups in total. The van der Waals surface area contributed by atoms with Gasteiger partial charge in [0, 0.05) is 18.0 Å². The predicted octanol–water partition coefficient (Wildman–Crippen LogP) is 3.37. The van der Waals surface area contributed by atoms with Gasteiger partial charge in [-0.05, 0) is 37.3 Å². The van der Waals surface area contributed by atoms with Gasteiger partial charge in [-0.1, -0.05) is 11.6 Å². The average Bonchev–Trinajstić information content (AvgIpc) is 2.91. The molecule has 6 heteroatoms. The van der Waals surface area contributed by atoms with E-state index in [2.05, 4.69) is 10.3 Å². The van der Waals surface area contributed by atoms with Crippen LogP contribution in [0.25, 0.3) is 16.9 Å². The fourth-order valence-electron chi connectivity index (χ4n) is 2.47. The lowest BCUT2D eigenvalue weighted by Gasteiger charge is -2.23. The Morgan fingerprint density at radius 3 is 3.00 bits per heavy atom. The molecular formula is C16H12ClN3O2. The van der Waals surface area contributed by atoms with E-state index in [0.717, 1.165) is 16.9 Å². The molecule has 0 bridgehead atoms. The van der Waals surface area contributed by atoms with Gasteiger partial charge >= 0.3 is 0 Å². The van der Waals surface area contributed by atoms with Crippen molar-refractivity contribution in [3.63, 3.8) is 0 Å². The first-order chi connectivity index (χ1) is 10.6. The highest BCUT2D eigenvalue weighted by Gasteiger charge is 2.23. The van der Waals surface area contributed by atoms with E-state index in [0.29, 0.717) is 16.5 Å². The third-order valence-electron chi connectivity index (χ3n) is 3.62. The molecule has 5 nitrogen and oxygen atoms in total. The number of rotatable bonds is 1. The van der Waals surface area contributed by atoms with E-state index in [1.165, 1.54) is 0 Å². The number of pyridine rings is 1. The van der Waals surface area contributed by atoms with Gasteiger partial charge in [0.2, 0.25) is 0 Å². The van der Waals surface area contributed by atoms with Gasteiger partial charge in [0.15, 0.2) is 6.10 Å². The topological polar surface area (TPSA) is 55.6 Å². The zero-order valence-electron chi connectivity index (χ0n) is 11.7. The van der Waals surface area contributed by atoms with Gasteiger partial charge < -0.3 is 14.5 Å². The molecule has 0 aliphatic carbocycles. The third-order valence-corrected chi connectivity index (χ3v) is 3.84. The molecule has 22 heavy (non-hydrogen) atoms. The number of halogens is 1. The Hall–Kier alpha value is -2.53. The highest BCUT2D eigenvalue weighted by Crippen LogP contribution is 2.33. The second-order valence-corrected chi connectivity index (χ2v) is 5.64. The Kier molecular flexibility index (Phi) is 2.84. The van der Waals surface area contributed by atoms with Crippen LogP contribution in [0.3, 0.4) is 0 Å². The minimum atomic E-state index is -0.476. The smallest absolute Gasteiger partial charge is 0.265 e. The SMILES string of the molecule is CC1Oc2ccc(-c3cn4cc(Cl)ccc4n3)cc2NC1=O. The monoisotopic (exact) mass is 313 g/mol. The zero-order chi connectivity index (χ0) is 15.3. The van der Waals surface area contributed by atoms with Crippen molar-refractivity contribution < 1.29 is 9.53 Å². The normalized spacial score (nSPS) is 17.0. The molecule has 0 fully saturated rings. The zero-order valence-corrected chi connectivity index (χ0v) is 12.5. The molecule has 0 spiro atoms. The van der Waals surface area contributed by atoms with Crippen LogP contribution in [-0.2, 0) is 4.79 Å². The molecule has 1 aromatic carbocycles. The van der Waals surface area contributed by atoms with E-state index >= 15 is 0 Å². The van der Waals surface area contributed by atoms with E-state index in [9.17, 15) is 4.79 Å². The number of carbonyl (C=O) groups excluding carboxylic acids is 1. The Balaban J connectivity index is 1.78. The Morgan fingerprint density at radius 1 is 1.27 bits per heavy atom. The number of nitrogens with one attached hydrogen (secondary N) is 1. The third kappa shape index (κ3) is 2.10. The van der Waals surface area contributed by atoms with Crippen molar-refractivity contribution in [3.8, 4) is 17.0 Å². The van der Waals surface area contributed by atoms with Crippen molar-refractivity contribution in [2.24, 2.45) is 0 Å². The lowest BCUT2D eigenvalue weighted by atomic mass is 10.1. The number of fused-ring (bicyclic) bond motifs is 2. The van der Waals surface area contributed by atoms with Gasteiger partial charge in [0.25, 0.3) is 5.91 Å². The average molecular weight is 314 g/mol. The summed E-state index contributed by atoms with van der Waals surface area (Å²) in [6.07, 6.45) is 3.23. The van der Waals surface area contributed by atoms with Crippen molar-refractivity contribution in [1.82, 2.24) is 9.38 Å². The number of nitrogens with zero attached hydrogens (tertiary/aromatic N) is 2. The van der Waals surface area contributed by atoms with Crippen molar-refractivity contribution in [1.29, 1.82) is 0 Å². The van der Waals surface area contributed by atoms with Crippen LogP contribution in [0, 0.1) is 0 Å². The molecule has 1 unspecified atom stereocenters. The lowest BCUT2D eigenvalue weighted by molar-refractivity contribution is -0.122. The second kappa shape index (κ2) is 4.74. The van der Waals surface area contributed by atoms with Crippen LogP contribution in [0.5, 0.6) is 5.75 Å². The fraction of sp³-hybridized carbons (Fsp3) is 0.125. The highest BCUT2D eigenvalue weighted by atomic mass is 35.5. The molecule has 2 aromatic heterocycles. The summed E-state index contributed by atoms with van der Waals surface area (Å²) in [6, 6.07) is 9.29. The molecule has 3 heterocycles. The maximum atomic E-state index is 11.7. The Bertz CT molecular complexity index is 904. The van der Waals surface area contributed by atoms with Crippen LogP contribution in [0.2, 0.25) is 5.02 Å². The van der Waals surface area contributed by atoms with Crippen molar-refractivity contribution in [2.75, 3.05) is 5.32 Å². The minimum Gasteiger partial charge on any atom is -0.479 e. The number of carbonyl (C=O) groups is 1. The summed E-state index contributed by atoms with van der Waals surface area (Å²) in [4.78, 5) is 16.3. The molecule has 0 radical (unpaired) electrons. The number of hydrogen-bond donors (Lipinski definition) is 1. The number of benzene rings is 1. The molecule has 3 aromatic rings. The first-order valence-corrected chi connectivity index (χ1v) is 7.24. The quantitative estimate of drug-likeness (QED) is 0.749. The van der Waals surface area contributed by atoms with Gasteiger partial charge in [-0.15, -0.1) is 0 Å². The second-order valence-electron chi connectivity index (χ2n) is 5.20. The van der Waals surface area contributed by atoms with Crippen LogP contribution in [-0.4, -0.2) is 21.4 Å². The number of amides is 1. The van der Waals surface area contributed by atoms with Crippen molar-refractivity contribution in [3.05, 3.63) is 47.7 Å². The molecule has 0 saturated carbocycles. The maximum absolute atomic E-state index is 11.7. The molecule has 0 saturated heterocycles. The van der Waals surface area contributed by atoms with Gasteiger partial charge in [-0.25, -0.2) is 4.98 Å². The number of hydrogen-bond acceptors (Lipinski definition) is 3. The first kappa shape index (κ1) is 13.2. The highest BCUT2D eigenvalue weighted by molar-refractivity contribution is 6.30. The molecule has 4 rings (SSSR count). The number of imidazole rings is 1. The van der Waals surface area contributed by atoms with Crippen LogP contribution in [0.1, 0.15) is 6.92 Å². The number of ether oxygens (including phenoxy) is 1. The van der Waals surface area contributed by atoms with E-state index in [-0.39, 0.29) is 5.91 Å². The van der Waals surface area contributed by atoms with Crippen LogP contribution < -0.4 is 10.1 Å². The Morgan fingerprint density at radius 2 is 2.14 bits per heavy atom. The van der Waals surface area contributed by atoms with Gasteiger partial charge in [0.05, 0.1) is 16.4 Å². The van der Waals surface area contributed by atoms with E-state index < -0.39 is 6.10 Å². The maximum Gasteiger partial charge on any atom is 0.265 e. The largest absolute Gasteiger partial charge is 0.479 e. The predicted molar refractivity (Wildman–Crippen MR) is 84.4 cm³/mol. The van der Waals surface area contributed by atoms with Gasteiger partial charge in [0.1, 0.15) is 11.4 Å². The number of aromatic nitrogens is 2. The summed E-state index contributed by atoms with van der Waals surface area (Å²) in [5.74, 6) is 0.522. The molecule has 1 amide bonds. The first-order valence-electron chi connectivity index (χ1n) is 6.86. The van der Waals surface area contributed by atoms with Gasteiger partial charge in [-0.2, -0.15) is 0 Å². The molecule has 1 aliphatic heterocycles. The van der Waals surface area contributed by atoms with Crippen LogP contribution >= 0.6 is 11.6 Å². The Labute approximate surface area is 131 Å². The number of anilines is 1. The van der Waals surface area contributed by atoms with Gasteiger partial charge in [-0.3, -0.25) is 4.79 Å². The van der Waals surface area contributed by atoms with E-state index in [4.69, 9.17) is 16.3 Å². The summed E-state index contributed by atoms with van der Waals surface area (Å²) >= 11 is 5.99. The summed E-state index contributed by atoms with van der Waals surface area (Å²) in [7, 11) is 0. The fourth-order valence-corrected chi connectivity index (χ4v) is 2.64. The molecular weight excluding hydrogens is 302 g/mol. The standard InChI is InChI=1S/C16H12ClN3O2/c1-9-16(21)19-12-6-10(2-4-14(12)22-9)13-8-20-7-11(17)3-5-15(20)18-13/h2-9H,1H3,(H,19,21). The molecule has 1 aliphatic rings. The lowest BCUT2D eigenvalue weighted by Crippen LogP contribution is -2.34. The van der Waals surface area contributed by atoms with E-state index in [1.54, 1.807) is 19.2 Å². The van der Waals surface area contributed by atoms with Crippen molar-refractivity contribution >= 4 is 28.8 Å². The van der Waals surface area contributed by atoms with Crippen LogP contribution in [0.4, 0.5) is 5.69 Å².